The molecule has 0 radical (unpaired) electrons. The molecular formula is C15H21ClN2O3. The first-order chi connectivity index (χ1) is 10.0. The van der Waals surface area contributed by atoms with E-state index in [0.717, 1.165) is 43.7 Å². The summed E-state index contributed by atoms with van der Waals surface area (Å²) < 4.78 is 5.54. The van der Waals surface area contributed by atoms with Crippen molar-refractivity contribution in [1.29, 1.82) is 0 Å². The number of nitro groups is 1. The smallest absolute Gasteiger partial charge is 0.271 e. The van der Waals surface area contributed by atoms with Crippen LogP contribution in [0.1, 0.15) is 31.7 Å². The number of ether oxygens (including phenoxy) is 1. The van der Waals surface area contributed by atoms with Crippen LogP contribution in [0.2, 0.25) is 5.02 Å². The number of nitrogens with one attached hydrogen (secondary N) is 1. The van der Waals surface area contributed by atoms with Crippen LogP contribution in [0.4, 0.5) is 11.4 Å². The molecule has 1 N–H and O–H groups in total. The fourth-order valence-electron chi connectivity index (χ4n) is 2.74. The molecule has 0 heterocycles. The second kappa shape index (κ2) is 7.09. The highest BCUT2D eigenvalue weighted by Gasteiger charge is 2.28. The van der Waals surface area contributed by atoms with E-state index in [-0.39, 0.29) is 5.69 Å². The Balaban J connectivity index is 1.83. The average Bonchev–Trinajstić information content (AvgIpc) is 2.38. The molecule has 1 aliphatic carbocycles. The normalized spacial score (nSPS) is 20.9. The number of anilines is 1. The summed E-state index contributed by atoms with van der Waals surface area (Å²) in [5.74, 6) is 0.700. The maximum Gasteiger partial charge on any atom is 0.271 e. The van der Waals surface area contributed by atoms with E-state index in [1.807, 2.05) is 13.8 Å². The molecule has 2 rings (SSSR count). The third-order valence-electron chi connectivity index (χ3n) is 3.93. The van der Waals surface area contributed by atoms with Crippen LogP contribution in [-0.4, -0.2) is 24.2 Å². The molecule has 1 aromatic carbocycles. The first-order valence-corrected chi connectivity index (χ1v) is 7.69. The highest BCUT2D eigenvalue weighted by Crippen LogP contribution is 2.34. The summed E-state index contributed by atoms with van der Waals surface area (Å²) in [6.45, 7) is 5.46. The molecule has 0 aliphatic heterocycles. The van der Waals surface area contributed by atoms with Crippen LogP contribution in [-0.2, 0) is 4.74 Å². The number of hydrogen-bond acceptors (Lipinski definition) is 4. The molecule has 1 aromatic rings. The van der Waals surface area contributed by atoms with Gasteiger partial charge in [-0.3, -0.25) is 10.1 Å². The number of halogens is 1. The lowest BCUT2D eigenvalue weighted by atomic mass is 9.80. The van der Waals surface area contributed by atoms with Gasteiger partial charge in [-0.15, -0.1) is 0 Å². The predicted octanol–water partition coefficient (Wildman–Crippen LogP) is 4.17. The molecule has 0 aromatic heterocycles. The Bertz CT molecular complexity index is 493. The van der Waals surface area contributed by atoms with Gasteiger partial charge < -0.3 is 10.1 Å². The predicted molar refractivity (Wildman–Crippen MR) is 84.1 cm³/mol. The Kier molecular flexibility index (Phi) is 5.42. The summed E-state index contributed by atoms with van der Waals surface area (Å²) in [5.41, 5.74) is 1.62. The van der Waals surface area contributed by atoms with Gasteiger partial charge in [0, 0.05) is 25.3 Å². The van der Waals surface area contributed by atoms with Crippen LogP contribution in [0, 0.1) is 23.0 Å². The Morgan fingerprint density at radius 2 is 2.19 bits per heavy atom. The molecule has 0 unspecified atom stereocenters. The quantitative estimate of drug-likeness (QED) is 0.606. The van der Waals surface area contributed by atoms with E-state index < -0.39 is 4.92 Å². The van der Waals surface area contributed by atoms with Crippen LogP contribution in [0.5, 0.6) is 0 Å². The van der Waals surface area contributed by atoms with Crippen molar-refractivity contribution in [3.8, 4) is 0 Å². The molecule has 0 amide bonds. The van der Waals surface area contributed by atoms with Crippen LogP contribution in [0.15, 0.2) is 12.1 Å². The molecule has 6 heteroatoms. The monoisotopic (exact) mass is 312 g/mol. The first kappa shape index (κ1) is 16.0. The second-order valence-corrected chi connectivity index (χ2v) is 5.91. The Morgan fingerprint density at radius 3 is 2.76 bits per heavy atom. The fraction of sp³-hybridized carbons (Fsp3) is 0.600. The molecule has 0 bridgehead atoms. The van der Waals surface area contributed by atoms with Crippen molar-refractivity contribution in [2.24, 2.45) is 5.92 Å². The maximum atomic E-state index is 10.8. The SMILES string of the molecule is CCOC1CC(CCNc2c(C)cc([N+](=O)[O-])cc2Cl)C1. The lowest BCUT2D eigenvalue weighted by Gasteiger charge is -2.35. The van der Waals surface area contributed by atoms with E-state index in [9.17, 15) is 10.1 Å². The number of hydrogen-bond donors (Lipinski definition) is 1. The maximum absolute atomic E-state index is 10.8. The van der Waals surface area contributed by atoms with Crippen molar-refractivity contribution in [1.82, 2.24) is 0 Å². The van der Waals surface area contributed by atoms with Crippen LogP contribution < -0.4 is 5.32 Å². The Morgan fingerprint density at radius 1 is 1.48 bits per heavy atom. The summed E-state index contributed by atoms with van der Waals surface area (Å²) >= 11 is 6.12. The highest BCUT2D eigenvalue weighted by molar-refractivity contribution is 6.33. The van der Waals surface area contributed by atoms with E-state index in [4.69, 9.17) is 16.3 Å². The summed E-state index contributed by atoms with van der Waals surface area (Å²) in [5, 5.41) is 14.5. The molecule has 1 aliphatic rings. The van der Waals surface area contributed by atoms with Gasteiger partial charge in [-0.1, -0.05) is 11.6 Å². The fourth-order valence-corrected chi connectivity index (χ4v) is 3.07. The molecule has 1 saturated carbocycles. The number of nitrogens with zero attached hydrogens (tertiary/aromatic N) is 1. The van der Waals surface area contributed by atoms with E-state index in [0.29, 0.717) is 17.0 Å². The van der Waals surface area contributed by atoms with Gasteiger partial charge in [0.15, 0.2) is 0 Å². The van der Waals surface area contributed by atoms with E-state index in [1.165, 1.54) is 6.07 Å². The van der Waals surface area contributed by atoms with Gasteiger partial charge in [-0.25, -0.2) is 0 Å². The van der Waals surface area contributed by atoms with Gasteiger partial charge in [0.05, 0.1) is 21.7 Å². The summed E-state index contributed by atoms with van der Waals surface area (Å²) in [7, 11) is 0. The van der Waals surface area contributed by atoms with E-state index in [2.05, 4.69) is 5.32 Å². The third kappa shape index (κ3) is 4.08. The molecule has 0 spiro atoms. The molecular weight excluding hydrogens is 292 g/mol. The summed E-state index contributed by atoms with van der Waals surface area (Å²) in [6.07, 6.45) is 3.76. The molecule has 21 heavy (non-hydrogen) atoms. The van der Waals surface area contributed by atoms with Crippen molar-refractivity contribution >= 4 is 23.0 Å². The minimum absolute atomic E-state index is 0.0293. The lowest BCUT2D eigenvalue weighted by Crippen LogP contribution is -2.32. The van der Waals surface area contributed by atoms with Gasteiger partial charge in [-0.2, -0.15) is 0 Å². The Labute approximate surface area is 129 Å². The van der Waals surface area contributed by atoms with Gasteiger partial charge >= 0.3 is 0 Å². The lowest BCUT2D eigenvalue weighted by molar-refractivity contribution is -0.384. The van der Waals surface area contributed by atoms with E-state index >= 15 is 0 Å². The molecule has 116 valence electrons. The first-order valence-electron chi connectivity index (χ1n) is 7.31. The number of rotatable bonds is 7. The van der Waals surface area contributed by atoms with Crippen molar-refractivity contribution in [2.75, 3.05) is 18.5 Å². The topological polar surface area (TPSA) is 64.4 Å². The minimum Gasteiger partial charge on any atom is -0.384 e. The highest BCUT2D eigenvalue weighted by atomic mass is 35.5. The summed E-state index contributed by atoms with van der Waals surface area (Å²) in [4.78, 5) is 10.3. The Hall–Kier alpha value is -1.33. The number of benzene rings is 1. The number of non-ortho nitro benzene ring substituents is 1. The molecule has 0 atom stereocenters. The van der Waals surface area contributed by atoms with Gasteiger partial charge in [0.25, 0.3) is 5.69 Å². The number of aryl methyl sites for hydroxylation is 1. The summed E-state index contributed by atoms with van der Waals surface area (Å²) in [6, 6.07) is 2.94. The van der Waals surface area contributed by atoms with Gasteiger partial charge in [0.1, 0.15) is 0 Å². The van der Waals surface area contributed by atoms with Crippen molar-refractivity contribution in [3.63, 3.8) is 0 Å². The van der Waals surface area contributed by atoms with E-state index in [1.54, 1.807) is 6.07 Å². The third-order valence-corrected chi connectivity index (χ3v) is 4.23. The zero-order valence-corrected chi connectivity index (χ0v) is 13.2. The standard InChI is InChI=1S/C15H21ClN2O3/c1-3-21-13-7-11(8-13)4-5-17-15-10(2)6-12(18(19)20)9-14(15)16/h6,9,11,13,17H,3-5,7-8H2,1-2H3. The average molecular weight is 313 g/mol. The van der Waals surface area contributed by atoms with Crippen LogP contribution in [0.25, 0.3) is 0 Å². The van der Waals surface area contributed by atoms with Gasteiger partial charge in [-0.05, 0) is 44.6 Å². The molecule has 0 saturated heterocycles. The second-order valence-electron chi connectivity index (χ2n) is 5.51. The molecule has 5 nitrogen and oxygen atoms in total. The van der Waals surface area contributed by atoms with Crippen LogP contribution >= 0.6 is 11.6 Å². The van der Waals surface area contributed by atoms with Crippen molar-refractivity contribution in [3.05, 3.63) is 32.8 Å². The van der Waals surface area contributed by atoms with Crippen molar-refractivity contribution < 1.29 is 9.66 Å². The van der Waals surface area contributed by atoms with Crippen molar-refractivity contribution in [2.45, 2.75) is 39.2 Å². The van der Waals surface area contributed by atoms with Crippen LogP contribution in [0.3, 0.4) is 0 Å². The van der Waals surface area contributed by atoms with Gasteiger partial charge in [0.2, 0.25) is 0 Å². The number of nitro benzene ring substituents is 1. The zero-order valence-electron chi connectivity index (χ0n) is 12.4. The minimum atomic E-state index is -0.426. The zero-order chi connectivity index (χ0) is 15.4. The molecule has 1 fully saturated rings. The largest absolute Gasteiger partial charge is 0.384 e.